The third kappa shape index (κ3) is 3.21. The fourth-order valence-electron chi connectivity index (χ4n) is 4.26. The number of fused-ring (bicyclic) bond motifs is 3. The minimum absolute atomic E-state index is 0.0208. The van der Waals surface area contributed by atoms with E-state index in [9.17, 15) is 9.18 Å². The Morgan fingerprint density at radius 2 is 1.96 bits per heavy atom. The third-order valence-electron chi connectivity index (χ3n) is 5.51. The van der Waals surface area contributed by atoms with Crippen molar-refractivity contribution in [3.8, 4) is 5.75 Å². The van der Waals surface area contributed by atoms with E-state index in [0.717, 1.165) is 41.1 Å². The van der Waals surface area contributed by atoms with Gasteiger partial charge in [-0.25, -0.2) is 4.39 Å². The molecule has 28 heavy (non-hydrogen) atoms. The number of carbonyl (C=O) groups is 1. The van der Waals surface area contributed by atoms with Crippen LogP contribution in [0, 0.1) is 11.7 Å². The van der Waals surface area contributed by atoms with Crippen LogP contribution in [-0.4, -0.2) is 23.6 Å². The number of nitrogens with zero attached hydrogens (tertiary/aromatic N) is 2. The van der Waals surface area contributed by atoms with Crippen LogP contribution in [0.3, 0.4) is 0 Å². The number of aryl methyl sites for hydroxylation is 1. The fraction of sp³-hybridized carbons (Fsp3) is 0.304. The first kappa shape index (κ1) is 18.4. The molecule has 0 amide bonds. The van der Waals surface area contributed by atoms with Crippen LogP contribution in [0.5, 0.6) is 5.75 Å². The van der Waals surface area contributed by atoms with E-state index in [1.807, 2.05) is 36.2 Å². The zero-order valence-electron chi connectivity index (χ0n) is 16.3. The van der Waals surface area contributed by atoms with Gasteiger partial charge in [-0.15, -0.1) is 0 Å². The summed E-state index contributed by atoms with van der Waals surface area (Å²) in [5.41, 5.74) is 5.14. The number of halogens is 1. The van der Waals surface area contributed by atoms with Crippen LogP contribution in [0.25, 0.3) is 0 Å². The molecule has 144 valence electrons. The maximum Gasteiger partial charge on any atom is 0.154 e. The molecule has 0 saturated heterocycles. The summed E-state index contributed by atoms with van der Waals surface area (Å²) in [6.07, 6.45) is 3.50. The number of hydrogen-bond acceptors (Lipinski definition) is 4. The van der Waals surface area contributed by atoms with Gasteiger partial charge in [-0.1, -0.05) is 18.2 Å². The number of hydrogen-bond donors (Lipinski definition) is 0. The van der Waals surface area contributed by atoms with Gasteiger partial charge in [-0.05, 0) is 62.1 Å². The van der Waals surface area contributed by atoms with Crippen LogP contribution in [0.2, 0.25) is 0 Å². The van der Waals surface area contributed by atoms with Gasteiger partial charge in [-0.3, -0.25) is 9.80 Å². The molecule has 0 N–H and O–H groups in total. The molecule has 0 aromatic heterocycles. The molecular weight excluding hydrogens is 355 g/mol. The lowest BCUT2D eigenvalue weighted by Crippen LogP contribution is -2.28. The number of allylic oxidation sites excluding steroid dienone is 2. The standard InChI is InChI=1S/C23H23FN2O2/c1-14(12-15(2)27)26-23(17-4-8-18(24)9-5-17)20-11-7-16-6-10-19(28-3)13-21(16)22(20)25-26/h4-6,8-10,12-13,20,23H,7,11H2,1-3H3/b14-12-. The summed E-state index contributed by atoms with van der Waals surface area (Å²) >= 11 is 0. The number of carbonyl (C=O) groups excluding carboxylic acids is 1. The minimum atomic E-state index is -0.260. The zero-order valence-corrected chi connectivity index (χ0v) is 16.3. The van der Waals surface area contributed by atoms with Crippen molar-refractivity contribution in [1.29, 1.82) is 0 Å². The van der Waals surface area contributed by atoms with Crippen LogP contribution >= 0.6 is 0 Å². The number of ketones is 1. The molecule has 2 aromatic rings. The molecule has 5 heteroatoms. The number of ether oxygens (including phenoxy) is 1. The van der Waals surface area contributed by atoms with E-state index in [-0.39, 0.29) is 23.6 Å². The first-order valence-corrected chi connectivity index (χ1v) is 9.47. The Morgan fingerprint density at radius 3 is 2.64 bits per heavy atom. The average Bonchev–Trinajstić information content (AvgIpc) is 3.08. The topological polar surface area (TPSA) is 41.9 Å². The van der Waals surface area contributed by atoms with Crippen LogP contribution in [0.1, 0.15) is 43.0 Å². The summed E-state index contributed by atoms with van der Waals surface area (Å²) in [4.78, 5) is 11.7. The number of hydrazone groups is 1. The van der Waals surface area contributed by atoms with E-state index >= 15 is 0 Å². The number of rotatable bonds is 4. The molecule has 2 aromatic carbocycles. The van der Waals surface area contributed by atoms with Crippen molar-refractivity contribution in [3.63, 3.8) is 0 Å². The summed E-state index contributed by atoms with van der Waals surface area (Å²) in [6, 6.07) is 12.6. The normalized spacial score (nSPS) is 21.1. The minimum Gasteiger partial charge on any atom is -0.497 e. The van der Waals surface area contributed by atoms with Gasteiger partial charge in [0.15, 0.2) is 5.78 Å². The second-order valence-corrected chi connectivity index (χ2v) is 7.39. The predicted octanol–water partition coefficient (Wildman–Crippen LogP) is 4.65. The molecule has 0 saturated carbocycles. The molecule has 4 rings (SSSR count). The second-order valence-electron chi connectivity index (χ2n) is 7.39. The van der Waals surface area contributed by atoms with E-state index in [4.69, 9.17) is 9.84 Å². The molecule has 0 fully saturated rings. The highest BCUT2D eigenvalue weighted by Gasteiger charge is 2.42. The van der Waals surface area contributed by atoms with E-state index in [2.05, 4.69) is 6.07 Å². The molecule has 0 radical (unpaired) electrons. The Morgan fingerprint density at radius 1 is 1.21 bits per heavy atom. The summed E-state index contributed by atoms with van der Waals surface area (Å²) in [6.45, 7) is 3.43. The van der Waals surface area contributed by atoms with Crippen molar-refractivity contribution in [2.75, 3.05) is 7.11 Å². The van der Waals surface area contributed by atoms with E-state index in [1.165, 1.54) is 24.6 Å². The van der Waals surface area contributed by atoms with Crippen molar-refractivity contribution >= 4 is 11.5 Å². The Bertz CT molecular complexity index is 979. The molecule has 1 aliphatic heterocycles. The zero-order chi connectivity index (χ0) is 19.8. The maximum atomic E-state index is 13.5. The number of methoxy groups -OCH3 is 1. The SMILES string of the molecule is COc1ccc2c(c1)C1=NN(/C(C)=C\C(C)=O)C(c3ccc(F)cc3)C1CC2. The van der Waals surface area contributed by atoms with E-state index in [0.29, 0.717) is 0 Å². The maximum absolute atomic E-state index is 13.5. The first-order valence-electron chi connectivity index (χ1n) is 9.47. The fourth-order valence-corrected chi connectivity index (χ4v) is 4.26. The largest absolute Gasteiger partial charge is 0.497 e. The molecule has 2 unspecified atom stereocenters. The molecular formula is C23H23FN2O2. The average molecular weight is 378 g/mol. The van der Waals surface area contributed by atoms with Crippen LogP contribution in [-0.2, 0) is 11.2 Å². The second kappa shape index (κ2) is 7.23. The van der Waals surface area contributed by atoms with Gasteiger partial charge in [0, 0.05) is 23.3 Å². The van der Waals surface area contributed by atoms with Crippen molar-refractivity contribution in [3.05, 3.63) is 76.7 Å². The Balaban J connectivity index is 1.83. The van der Waals surface area contributed by atoms with Gasteiger partial charge in [0.1, 0.15) is 11.6 Å². The highest BCUT2D eigenvalue weighted by molar-refractivity contribution is 6.06. The predicted molar refractivity (Wildman–Crippen MR) is 107 cm³/mol. The third-order valence-corrected chi connectivity index (χ3v) is 5.51. The molecule has 0 bridgehead atoms. The van der Waals surface area contributed by atoms with Crippen LogP contribution in [0.4, 0.5) is 4.39 Å². The summed E-state index contributed by atoms with van der Waals surface area (Å²) in [5, 5.41) is 6.86. The van der Waals surface area contributed by atoms with Gasteiger partial charge >= 0.3 is 0 Å². The number of benzene rings is 2. The lowest BCUT2D eigenvalue weighted by atomic mass is 9.77. The molecule has 4 nitrogen and oxygen atoms in total. The van der Waals surface area contributed by atoms with Gasteiger partial charge in [0.2, 0.25) is 0 Å². The van der Waals surface area contributed by atoms with Crippen molar-refractivity contribution in [2.45, 2.75) is 32.7 Å². The van der Waals surface area contributed by atoms with Crippen LogP contribution in [0.15, 0.2) is 59.3 Å². The van der Waals surface area contributed by atoms with Gasteiger partial charge < -0.3 is 4.74 Å². The van der Waals surface area contributed by atoms with Crippen molar-refractivity contribution in [2.24, 2.45) is 11.0 Å². The lowest BCUT2D eigenvalue weighted by Gasteiger charge is -2.31. The summed E-state index contributed by atoms with van der Waals surface area (Å²) in [7, 11) is 1.66. The van der Waals surface area contributed by atoms with Gasteiger partial charge in [-0.2, -0.15) is 5.10 Å². The smallest absolute Gasteiger partial charge is 0.154 e. The highest BCUT2D eigenvalue weighted by atomic mass is 19.1. The summed E-state index contributed by atoms with van der Waals surface area (Å²) < 4.78 is 18.9. The van der Waals surface area contributed by atoms with Gasteiger partial charge in [0.05, 0.1) is 18.9 Å². The Kier molecular flexibility index (Phi) is 4.75. The first-order chi connectivity index (χ1) is 13.5. The Hall–Kier alpha value is -2.95. The molecule has 2 atom stereocenters. The van der Waals surface area contributed by atoms with Crippen molar-refractivity contribution < 1.29 is 13.9 Å². The summed E-state index contributed by atoms with van der Waals surface area (Å²) in [5.74, 6) is 0.687. The van der Waals surface area contributed by atoms with Crippen LogP contribution < -0.4 is 4.74 Å². The van der Waals surface area contributed by atoms with E-state index < -0.39 is 0 Å². The quantitative estimate of drug-likeness (QED) is 0.727. The molecule has 1 aliphatic carbocycles. The van der Waals surface area contributed by atoms with E-state index in [1.54, 1.807) is 13.2 Å². The van der Waals surface area contributed by atoms with Crippen molar-refractivity contribution in [1.82, 2.24) is 5.01 Å². The lowest BCUT2D eigenvalue weighted by molar-refractivity contribution is -0.112. The monoisotopic (exact) mass is 378 g/mol. The molecule has 2 aliphatic rings. The van der Waals surface area contributed by atoms with Gasteiger partial charge in [0.25, 0.3) is 0 Å². The molecule has 1 heterocycles. The highest BCUT2D eigenvalue weighted by Crippen LogP contribution is 2.45. The Labute approximate surface area is 164 Å². The molecule has 0 spiro atoms.